The molecule has 0 aromatic carbocycles. The molecule has 0 aliphatic heterocycles. The van der Waals surface area contributed by atoms with Crippen LogP contribution in [-0.2, 0) is 0 Å². The van der Waals surface area contributed by atoms with E-state index in [4.69, 9.17) is 5.73 Å². The van der Waals surface area contributed by atoms with Gasteiger partial charge in [0.15, 0.2) is 0 Å². The summed E-state index contributed by atoms with van der Waals surface area (Å²) in [6.07, 6.45) is 1.56. The number of hydrogen-bond acceptors (Lipinski definition) is 3. The summed E-state index contributed by atoms with van der Waals surface area (Å²) in [4.78, 5) is 15.5. The predicted octanol–water partition coefficient (Wildman–Crippen LogP) is 0.467. The number of aryl methyl sites for hydroxylation is 1. The Kier molecular flexibility index (Phi) is 3.59. The maximum atomic E-state index is 11.5. The summed E-state index contributed by atoms with van der Waals surface area (Å²) < 4.78 is 0. The lowest BCUT2D eigenvalue weighted by molar-refractivity contribution is 0.0951. The molecule has 0 saturated carbocycles. The van der Waals surface area contributed by atoms with Gasteiger partial charge in [-0.1, -0.05) is 0 Å². The van der Waals surface area contributed by atoms with Crippen LogP contribution in [0.25, 0.3) is 0 Å². The minimum Gasteiger partial charge on any atom is -0.350 e. The van der Waals surface area contributed by atoms with E-state index in [0.29, 0.717) is 12.1 Å². The highest BCUT2D eigenvalue weighted by molar-refractivity contribution is 5.93. The Bertz CT molecular complexity index is 306. The minimum absolute atomic E-state index is 0.0302. The molecule has 0 spiro atoms. The second kappa shape index (κ2) is 4.72. The molecule has 14 heavy (non-hydrogen) atoms. The molecule has 0 radical (unpaired) electrons. The molecule has 4 heteroatoms. The van der Waals surface area contributed by atoms with Crippen molar-refractivity contribution in [1.82, 2.24) is 10.3 Å². The van der Waals surface area contributed by atoms with Gasteiger partial charge in [-0.05, 0) is 26.0 Å². The fourth-order valence-electron chi connectivity index (χ4n) is 0.958. The number of nitrogens with two attached hydrogens (primary N) is 1. The summed E-state index contributed by atoms with van der Waals surface area (Å²) in [5.74, 6) is -0.130. The molecule has 3 N–H and O–H groups in total. The van der Waals surface area contributed by atoms with Gasteiger partial charge in [0, 0.05) is 24.5 Å². The van der Waals surface area contributed by atoms with Crippen molar-refractivity contribution in [2.45, 2.75) is 19.9 Å². The highest BCUT2D eigenvalue weighted by atomic mass is 16.1. The molecule has 1 atom stereocenters. The van der Waals surface area contributed by atoms with Gasteiger partial charge in [0.25, 0.3) is 5.91 Å². The first kappa shape index (κ1) is 10.7. The molecule has 1 aromatic heterocycles. The lowest BCUT2D eigenvalue weighted by atomic mass is 10.2. The van der Waals surface area contributed by atoms with Gasteiger partial charge in [-0.2, -0.15) is 0 Å². The third-order valence-electron chi connectivity index (χ3n) is 1.76. The van der Waals surface area contributed by atoms with E-state index in [1.54, 1.807) is 18.3 Å². The third-order valence-corrected chi connectivity index (χ3v) is 1.76. The van der Waals surface area contributed by atoms with E-state index in [0.717, 1.165) is 5.69 Å². The van der Waals surface area contributed by atoms with Gasteiger partial charge >= 0.3 is 0 Å². The highest BCUT2D eigenvalue weighted by Crippen LogP contribution is 1.98. The molecule has 0 aliphatic rings. The Labute approximate surface area is 83.5 Å². The average molecular weight is 193 g/mol. The first-order chi connectivity index (χ1) is 6.59. The second-order valence-corrected chi connectivity index (χ2v) is 3.38. The summed E-state index contributed by atoms with van der Waals surface area (Å²) in [6, 6.07) is 3.52. The van der Waals surface area contributed by atoms with Crippen LogP contribution in [0.4, 0.5) is 0 Å². The van der Waals surface area contributed by atoms with Crippen molar-refractivity contribution >= 4 is 5.91 Å². The van der Waals surface area contributed by atoms with E-state index < -0.39 is 0 Å². The quantitative estimate of drug-likeness (QED) is 0.733. The Hall–Kier alpha value is -1.42. The molecule has 1 aromatic rings. The van der Waals surface area contributed by atoms with Crippen LogP contribution in [0.5, 0.6) is 0 Å². The SMILES string of the molecule is Cc1ccc(C(=O)NCC(C)N)cn1. The molecule has 1 heterocycles. The zero-order valence-electron chi connectivity index (χ0n) is 8.45. The molecular formula is C10H15N3O. The predicted molar refractivity (Wildman–Crippen MR) is 55.0 cm³/mol. The van der Waals surface area contributed by atoms with Gasteiger partial charge in [-0.25, -0.2) is 0 Å². The van der Waals surface area contributed by atoms with Gasteiger partial charge in [0.1, 0.15) is 0 Å². The summed E-state index contributed by atoms with van der Waals surface area (Å²) >= 11 is 0. The Balaban J connectivity index is 2.57. The monoisotopic (exact) mass is 193 g/mol. The number of carbonyl (C=O) groups excluding carboxylic acids is 1. The number of pyridine rings is 1. The molecule has 0 fully saturated rings. The lowest BCUT2D eigenvalue weighted by Gasteiger charge is -2.07. The van der Waals surface area contributed by atoms with Gasteiger partial charge in [0.05, 0.1) is 5.56 Å². The molecule has 0 aliphatic carbocycles. The fraction of sp³-hybridized carbons (Fsp3) is 0.400. The van der Waals surface area contributed by atoms with Gasteiger partial charge in [-0.15, -0.1) is 0 Å². The fourth-order valence-corrected chi connectivity index (χ4v) is 0.958. The standard InChI is InChI=1S/C10H15N3O/c1-7(11)5-13-10(14)9-4-3-8(2)12-6-9/h3-4,6-7H,5,11H2,1-2H3,(H,13,14). The van der Waals surface area contributed by atoms with Crippen molar-refractivity contribution in [2.75, 3.05) is 6.54 Å². The average Bonchev–Trinajstić information content (AvgIpc) is 2.15. The molecule has 1 unspecified atom stereocenters. The number of aromatic nitrogens is 1. The van der Waals surface area contributed by atoms with E-state index in [2.05, 4.69) is 10.3 Å². The number of nitrogens with one attached hydrogen (secondary N) is 1. The Morgan fingerprint density at radius 2 is 2.36 bits per heavy atom. The van der Waals surface area contributed by atoms with Crippen molar-refractivity contribution in [2.24, 2.45) is 5.73 Å². The number of amides is 1. The first-order valence-corrected chi connectivity index (χ1v) is 4.56. The van der Waals surface area contributed by atoms with Crippen LogP contribution in [0, 0.1) is 6.92 Å². The first-order valence-electron chi connectivity index (χ1n) is 4.56. The maximum Gasteiger partial charge on any atom is 0.252 e. The van der Waals surface area contributed by atoms with E-state index >= 15 is 0 Å². The van der Waals surface area contributed by atoms with Crippen LogP contribution < -0.4 is 11.1 Å². The minimum atomic E-state index is -0.130. The van der Waals surface area contributed by atoms with Crippen molar-refractivity contribution in [3.8, 4) is 0 Å². The topological polar surface area (TPSA) is 68.0 Å². The zero-order chi connectivity index (χ0) is 10.6. The van der Waals surface area contributed by atoms with Gasteiger partial charge in [-0.3, -0.25) is 9.78 Å². The van der Waals surface area contributed by atoms with Crippen molar-refractivity contribution in [1.29, 1.82) is 0 Å². The molecule has 76 valence electrons. The lowest BCUT2D eigenvalue weighted by Crippen LogP contribution is -2.35. The van der Waals surface area contributed by atoms with Gasteiger partial charge < -0.3 is 11.1 Å². The van der Waals surface area contributed by atoms with Crippen LogP contribution in [-0.4, -0.2) is 23.5 Å². The van der Waals surface area contributed by atoms with Crippen molar-refractivity contribution in [3.63, 3.8) is 0 Å². The Morgan fingerprint density at radius 3 is 2.86 bits per heavy atom. The number of hydrogen-bond donors (Lipinski definition) is 2. The van der Waals surface area contributed by atoms with Crippen molar-refractivity contribution < 1.29 is 4.79 Å². The molecule has 1 rings (SSSR count). The Morgan fingerprint density at radius 1 is 1.64 bits per heavy atom. The van der Waals surface area contributed by atoms with Crippen LogP contribution in [0.1, 0.15) is 23.0 Å². The molecule has 0 bridgehead atoms. The van der Waals surface area contributed by atoms with Crippen molar-refractivity contribution in [3.05, 3.63) is 29.6 Å². The summed E-state index contributed by atoms with van der Waals surface area (Å²) in [6.45, 7) is 4.20. The summed E-state index contributed by atoms with van der Waals surface area (Å²) in [7, 11) is 0. The molecule has 0 saturated heterocycles. The van der Waals surface area contributed by atoms with E-state index in [-0.39, 0.29) is 11.9 Å². The summed E-state index contributed by atoms with van der Waals surface area (Å²) in [5.41, 5.74) is 6.98. The molecule has 1 amide bonds. The number of carbonyl (C=O) groups is 1. The van der Waals surface area contributed by atoms with Gasteiger partial charge in [0.2, 0.25) is 0 Å². The van der Waals surface area contributed by atoms with Crippen LogP contribution in [0.15, 0.2) is 18.3 Å². The van der Waals surface area contributed by atoms with Crippen LogP contribution in [0.3, 0.4) is 0 Å². The highest BCUT2D eigenvalue weighted by Gasteiger charge is 2.05. The number of rotatable bonds is 3. The van der Waals surface area contributed by atoms with Crippen LogP contribution in [0.2, 0.25) is 0 Å². The summed E-state index contributed by atoms with van der Waals surface area (Å²) in [5, 5.41) is 2.71. The third kappa shape index (κ3) is 3.14. The number of nitrogens with zero attached hydrogens (tertiary/aromatic N) is 1. The molecular weight excluding hydrogens is 178 g/mol. The van der Waals surface area contributed by atoms with E-state index in [9.17, 15) is 4.79 Å². The second-order valence-electron chi connectivity index (χ2n) is 3.38. The van der Waals surface area contributed by atoms with Crippen LogP contribution >= 0.6 is 0 Å². The molecule has 4 nitrogen and oxygen atoms in total. The van der Waals surface area contributed by atoms with E-state index in [1.807, 2.05) is 13.8 Å². The van der Waals surface area contributed by atoms with E-state index in [1.165, 1.54) is 0 Å². The normalized spacial score (nSPS) is 12.2. The smallest absolute Gasteiger partial charge is 0.252 e. The largest absolute Gasteiger partial charge is 0.350 e. The zero-order valence-corrected chi connectivity index (χ0v) is 8.45. The maximum absolute atomic E-state index is 11.5.